The van der Waals surface area contributed by atoms with E-state index < -0.39 is 0 Å². The number of carbonyl (C=O) groups excluding carboxylic acids is 1. The molecule has 1 fully saturated rings. The lowest BCUT2D eigenvalue weighted by Crippen LogP contribution is -2.40. The summed E-state index contributed by atoms with van der Waals surface area (Å²) in [5, 5.41) is 7.39. The molecule has 1 aromatic heterocycles. The summed E-state index contributed by atoms with van der Waals surface area (Å²) in [6.07, 6.45) is 3.56. The second-order valence-corrected chi connectivity index (χ2v) is 6.87. The molecule has 3 heterocycles. The lowest BCUT2D eigenvalue weighted by molar-refractivity contribution is -0.131. The Balaban J connectivity index is 1.42. The van der Waals surface area contributed by atoms with Crippen LogP contribution < -0.4 is 4.74 Å². The molecule has 1 N–H and O–H groups in total. The number of fused-ring (bicyclic) bond motifs is 1. The maximum atomic E-state index is 12.7. The van der Waals surface area contributed by atoms with Gasteiger partial charge in [0.15, 0.2) is 0 Å². The summed E-state index contributed by atoms with van der Waals surface area (Å²) < 4.78 is 5.53. The first-order chi connectivity index (χ1) is 11.7. The number of rotatable bonds is 3. The molecule has 1 amide bonds. The monoisotopic (exact) mass is 325 g/mol. The highest BCUT2D eigenvalue weighted by Gasteiger charge is 2.26. The van der Waals surface area contributed by atoms with Gasteiger partial charge >= 0.3 is 0 Å². The van der Waals surface area contributed by atoms with Crippen LogP contribution in [0.1, 0.15) is 41.3 Å². The minimum absolute atomic E-state index is 0.214. The number of aromatic amines is 1. The first kappa shape index (κ1) is 15.2. The van der Waals surface area contributed by atoms with Crippen molar-refractivity contribution in [2.45, 2.75) is 38.5 Å². The fraction of sp³-hybridized carbons (Fsp3) is 0.474. The Labute approximate surface area is 142 Å². The zero-order valence-electron chi connectivity index (χ0n) is 14.0. The van der Waals surface area contributed by atoms with Crippen LogP contribution in [0.4, 0.5) is 0 Å². The van der Waals surface area contributed by atoms with E-state index in [4.69, 9.17) is 4.74 Å². The first-order valence-electron chi connectivity index (χ1n) is 8.73. The summed E-state index contributed by atoms with van der Waals surface area (Å²) in [4.78, 5) is 14.7. The van der Waals surface area contributed by atoms with Gasteiger partial charge < -0.3 is 9.64 Å². The predicted molar refractivity (Wildman–Crippen MR) is 91.2 cm³/mol. The molecule has 1 saturated heterocycles. The number of H-pyrrole nitrogens is 1. The Bertz CT molecular complexity index is 753. The van der Waals surface area contributed by atoms with Crippen molar-refractivity contribution < 1.29 is 9.53 Å². The largest absolute Gasteiger partial charge is 0.493 e. The van der Waals surface area contributed by atoms with Crippen molar-refractivity contribution in [3.63, 3.8) is 0 Å². The number of hydrogen-bond donors (Lipinski definition) is 1. The Kier molecular flexibility index (Phi) is 4.00. The topological polar surface area (TPSA) is 58.2 Å². The number of likely N-dealkylation sites (tertiary alicyclic amines) is 1. The minimum atomic E-state index is 0.214. The summed E-state index contributed by atoms with van der Waals surface area (Å²) in [6.45, 7) is 4.40. The fourth-order valence-electron chi connectivity index (χ4n) is 3.73. The number of hydrogen-bond acceptors (Lipinski definition) is 3. The Morgan fingerprint density at radius 2 is 2.33 bits per heavy atom. The van der Waals surface area contributed by atoms with Crippen molar-refractivity contribution in [1.82, 2.24) is 15.1 Å². The van der Waals surface area contributed by atoms with Crippen LogP contribution in [0.3, 0.4) is 0 Å². The van der Waals surface area contributed by atoms with Crippen molar-refractivity contribution in [2.24, 2.45) is 0 Å². The number of piperidine rings is 1. The van der Waals surface area contributed by atoms with Gasteiger partial charge in [-0.1, -0.05) is 12.1 Å². The van der Waals surface area contributed by atoms with Gasteiger partial charge in [0.1, 0.15) is 5.75 Å². The zero-order chi connectivity index (χ0) is 16.5. The Morgan fingerprint density at radius 1 is 1.42 bits per heavy atom. The highest BCUT2D eigenvalue weighted by Crippen LogP contribution is 2.28. The van der Waals surface area contributed by atoms with Crippen LogP contribution in [0.25, 0.3) is 0 Å². The highest BCUT2D eigenvalue weighted by atomic mass is 16.5. The third-order valence-electron chi connectivity index (χ3n) is 5.03. The summed E-state index contributed by atoms with van der Waals surface area (Å²) >= 11 is 0. The molecule has 2 aliphatic rings. The van der Waals surface area contributed by atoms with Crippen LogP contribution in [-0.2, 0) is 17.6 Å². The van der Waals surface area contributed by atoms with Crippen molar-refractivity contribution in [1.29, 1.82) is 0 Å². The molecule has 4 rings (SSSR count). The van der Waals surface area contributed by atoms with Crippen molar-refractivity contribution in [3.05, 3.63) is 46.8 Å². The molecule has 0 bridgehead atoms. The Morgan fingerprint density at radius 3 is 3.17 bits per heavy atom. The molecule has 0 spiro atoms. The number of aryl methyl sites for hydroxylation is 1. The van der Waals surface area contributed by atoms with E-state index in [0.29, 0.717) is 12.3 Å². The third-order valence-corrected chi connectivity index (χ3v) is 5.03. The molecule has 1 aromatic carbocycles. The fourth-order valence-corrected chi connectivity index (χ4v) is 3.73. The number of aromatic nitrogens is 2. The number of nitrogens with zero attached hydrogens (tertiary/aromatic N) is 2. The number of nitrogens with one attached hydrogen (secondary N) is 1. The zero-order valence-corrected chi connectivity index (χ0v) is 14.0. The van der Waals surface area contributed by atoms with E-state index >= 15 is 0 Å². The minimum Gasteiger partial charge on any atom is -0.493 e. The lowest BCUT2D eigenvalue weighted by Gasteiger charge is -2.32. The van der Waals surface area contributed by atoms with E-state index in [1.165, 1.54) is 5.56 Å². The molecule has 5 nitrogen and oxygen atoms in total. The van der Waals surface area contributed by atoms with Gasteiger partial charge in [-0.2, -0.15) is 5.10 Å². The molecule has 2 aliphatic heterocycles. The lowest BCUT2D eigenvalue weighted by atomic mass is 9.94. The number of carbonyl (C=O) groups is 1. The van der Waals surface area contributed by atoms with Crippen LogP contribution in [0.5, 0.6) is 5.75 Å². The van der Waals surface area contributed by atoms with Crippen molar-refractivity contribution >= 4 is 5.91 Å². The molecule has 0 aliphatic carbocycles. The summed E-state index contributed by atoms with van der Waals surface area (Å²) in [5.74, 6) is 1.53. The standard InChI is InChI=1S/C19H23N3O2/c1-13-9-17(21-20-13)16-3-2-7-22(12-16)19(23)11-14-4-5-18-15(10-14)6-8-24-18/h4-5,9-10,16H,2-3,6-8,11-12H2,1H3,(H,20,21)/t16-/m0/s1. The second-order valence-electron chi connectivity index (χ2n) is 6.87. The average molecular weight is 325 g/mol. The molecule has 5 heteroatoms. The van der Waals surface area contributed by atoms with Crippen LogP contribution in [0.2, 0.25) is 0 Å². The molecule has 0 saturated carbocycles. The normalized spacial score (nSPS) is 19.9. The second kappa shape index (κ2) is 6.30. The van der Waals surface area contributed by atoms with Gasteiger partial charge in [0, 0.05) is 31.1 Å². The van der Waals surface area contributed by atoms with E-state index in [1.54, 1.807) is 0 Å². The van der Waals surface area contributed by atoms with Gasteiger partial charge in [-0.3, -0.25) is 9.89 Å². The molecule has 1 atom stereocenters. The maximum Gasteiger partial charge on any atom is 0.227 e. The van der Waals surface area contributed by atoms with Gasteiger partial charge in [0.05, 0.1) is 18.7 Å². The summed E-state index contributed by atoms with van der Waals surface area (Å²) in [6, 6.07) is 8.23. The molecule has 0 radical (unpaired) electrons. The van der Waals surface area contributed by atoms with Crippen LogP contribution in [0.15, 0.2) is 24.3 Å². The smallest absolute Gasteiger partial charge is 0.227 e. The van der Waals surface area contributed by atoms with Gasteiger partial charge in [0.2, 0.25) is 5.91 Å². The number of amides is 1. The Hall–Kier alpha value is -2.30. The van der Waals surface area contributed by atoms with E-state index in [1.807, 2.05) is 24.0 Å². The third kappa shape index (κ3) is 3.03. The van der Waals surface area contributed by atoms with E-state index in [2.05, 4.69) is 22.3 Å². The summed E-state index contributed by atoms with van der Waals surface area (Å²) in [5.41, 5.74) is 4.47. The first-order valence-corrected chi connectivity index (χ1v) is 8.73. The van der Waals surface area contributed by atoms with Crippen molar-refractivity contribution in [2.75, 3.05) is 19.7 Å². The molecular weight excluding hydrogens is 302 g/mol. The molecular formula is C19H23N3O2. The predicted octanol–water partition coefficient (Wildman–Crippen LogP) is 2.60. The number of ether oxygens (including phenoxy) is 1. The van der Waals surface area contributed by atoms with Crippen LogP contribution >= 0.6 is 0 Å². The van der Waals surface area contributed by atoms with Gasteiger partial charge in [0.25, 0.3) is 0 Å². The van der Waals surface area contributed by atoms with Crippen LogP contribution in [0, 0.1) is 6.92 Å². The van der Waals surface area contributed by atoms with E-state index in [0.717, 1.165) is 61.7 Å². The molecule has 2 aromatic rings. The summed E-state index contributed by atoms with van der Waals surface area (Å²) in [7, 11) is 0. The molecule has 24 heavy (non-hydrogen) atoms. The quantitative estimate of drug-likeness (QED) is 0.944. The van der Waals surface area contributed by atoms with Crippen LogP contribution in [-0.4, -0.2) is 40.7 Å². The average Bonchev–Trinajstić information content (AvgIpc) is 3.23. The maximum absolute atomic E-state index is 12.7. The van der Waals surface area contributed by atoms with Gasteiger partial charge in [-0.15, -0.1) is 0 Å². The van der Waals surface area contributed by atoms with Gasteiger partial charge in [-0.05, 0) is 43.0 Å². The van der Waals surface area contributed by atoms with Crippen molar-refractivity contribution in [3.8, 4) is 5.75 Å². The van der Waals surface area contributed by atoms with E-state index in [-0.39, 0.29) is 5.91 Å². The molecule has 0 unspecified atom stereocenters. The van der Waals surface area contributed by atoms with Gasteiger partial charge in [-0.25, -0.2) is 0 Å². The number of benzene rings is 1. The SMILES string of the molecule is Cc1cc([C@H]2CCCN(C(=O)Cc3ccc4c(c3)CCO4)C2)n[nH]1. The molecule has 126 valence electrons. The van der Waals surface area contributed by atoms with E-state index in [9.17, 15) is 4.79 Å². The highest BCUT2D eigenvalue weighted by molar-refractivity contribution is 5.79.